The fourth-order valence-electron chi connectivity index (χ4n) is 2.49. The van der Waals surface area contributed by atoms with E-state index in [1.165, 1.54) is 0 Å². The third-order valence-electron chi connectivity index (χ3n) is 3.81. The second-order valence-corrected chi connectivity index (χ2v) is 6.85. The van der Waals surface area contributed by atoms with E-state index in [9.17, 15) is 14.7 Å². The summed E-state index contributed by atoms with van der Waals surface area (Å²) in [5.74, 6) is -0.976. The van der Waals surface area contributed by atoms with E-state index in [4.69, 9.17) is 9.84 Å². The number of amides is 1. The summed E-state index contributed by atoms with van der Waals surface area (Å²) in [4.78, 5) is 25.3. The van der Waals surface area contributed by atoms with Gasteiger partial charge in [-0.1, -0.05) is 15.9 Å². The smallest absolute Gasteiger partial charge is 0.335 e. The van der Waals surface area contributed by atoms with Crippen LogP contribution in [-0.4, -0.2) is 51.8 Å². The summed E-state index contributed by atoms with van der Waals surface area (Å²) in [7, 11) is 0. The Kier molecular flexibility index (Phi) is 5.31. The average Bonchev–Trinajstić information content (AvgIpc) is 2.47. The lowest BCUT2D eigenvalue weighted by Gasteiger charge is -2.35. The number of halogens is 1. The molecule has 2 rings (SSSR count). The molecule has 7 heteroatoms. The predicted molar refractivity (Wildman–Crippen MR) is 87.6 cm³/mol. The standard InChI is InChI=1S/C16H20BrNO5/c1-10(2)23-13-9-11(17)3-4-12(13)14(19)18-7-5-16(22,6-8-18)15(20)21/h3-4,9-10,22H,5-8H2,1-2H3,(H,20,21). The highest BCUT2D eigenvalue weighted by Crippen LogP contribution is 2.29. The first-order valence-electron chi connectivity index (χ1n) is 7.44. The topological polar surface area (TPSA) is 87.1 Å². The molecule has 1 saturated heterocycles. The maximum Gasteiger partial charge on any atom is 0.335 e. The van der Waals surface area contributed by atoms with Crippen LogP contribution >= 0.6 is 15.9 Å². The van der Waals surface area contributed by atoms with Crippen LogP contribution in [0.15, 0.2) is 22.7 Å². The van der Waals surface area contributed by atoms with Gasteiger partial charge in [-0.2, -0.15) is 0 Å². The fourth-order valence-corrected chi connectivity index (χ4v) is 2.83. The molecule has 0 spiro atoms. The maximum absolute atomic E-state index is 12.7. The van der Waals surface area contributed by atoms with Crippen molar-refractivity contribution >= 4 is 27.8 Å². The highest BCUT2D eigenvalue weighted by molar-refractivity contribution is 9.10. The van der Waals surface area contributed by atoms with Crippen LogP contribution in [0.2, 0.25) is 0 Å². The van der Waals surface area contributed by atoms with Gasteiger partial charge in [-0.05, 0) is 32.0 Å². The van der Waals surface area contributed by atoms with Gasteiger partial charge in [-0.25, -0.2) is 4.79 Å². The number of nitrogens with zero attached hydrogens (tertiary/aromatic N) is 1. The SMILES string of the molecule is CC(C)Oc1cc(Br)ccc1C(=O)N1CCC(O)(C(=O)O)CC1. The second kappa shape index (κ2) is 6.88. The number of carboxylic acids is 1. The Bertz CT molecular complexity index is 608. The maximum atomic E-state index is 12.7. The highest BCUT2D eigenvalue weighted by atomic mass is 79.9. The molecule has 1 amide bonds. The first kappa shape index (κ1) is 17.7. The van der Waals surface area contributed by atoms with Gasteiger partial charge in [0.05, 0.1) is 11.7 Å². The molecule has 23 heavy (non-hydrogen) atoms. The van der Waals surface area contributed by atoms with Gasteiger partial charge in [0, 0.05) is 30.4 Å². The minimum atomic E-state index is -1.74. The Labute approximate surface area is 143 Å². The zero-order valence-electron chi connectivity index (χ0n) is 13.1. The highest BCUT2D eigenvalue weighted by Gasteiger charge is 2.40. The molecule has 1 aromatic carbocycles. The zero-order chi connectivity index (χ0) is 17.2. The minimum absolute atomic E-state index is 0.0188. The van der Waals surface area contributed by atoms with E-state index in [2.05, 4.69) is 15.9 Å². The van der Waals surface area contributed by atoms with Gasteiger partial charge in [-0.3, -0.25) is 4.79 Å². The monoisotopic (exact) mass is 385 g/mol. The number of carbonyl (C=O) groups is 2. The molecule has 1 fully saturated rings. The molecule has 1 aliphatic rings. The number of benzene rings is 1. The molecule has 0 saturated carbocycles. The van der Waals surface area contributed by atoms with Crippen LogP contribution in [0.1, 0.15) is 37.0 Å². The van der Waals surface area contributed by atoms with E-state index < -0.39 is 11.6 Å². The van der Waals surface area contributed by atoms with Crippen LogP contribution < -0.4 is 4.74 Å². The van der Waals surface area contributed by atoms with E-state index in [1.54, 1.807) is 23.1 Å². The molecule has 0 atom stereocenters. The number of rotatable bonds is 4. The van der Waals surface area contributed by atoms with Gasteiger partial charge in [0.25, 0.3) is 5.91 Å². The number of carbonyl (C=O) groups excluding carboxylic acids is 1. The third kappa shape index (κ3) is 4.03. The van der Waals surface area contributed by atoms with Gasteiger partial charge in [-0.15, -0.1) is 0 Å². The van der Waals surface area contributed by atoms with Crippen LogP contribution in [0, 0.1) is 0 Å². The van der Waals surface area contributed by atoms with E-state index in [-0.39, 0.29) is 37.9 Å². The molecule has 1 aromatic rings. The number of hydrogen-bond acceptors (Lipinski definition) is 4. The van der Waals surface area contributed by atoms with E-state index >= 15 is 0 Å². The molecule has 0 unspecified atom stereocenters. The Morgan fingerprint density at radius 2 is 1.91 bits per heavy atom. The van der Waals surface area contributed by atoms with Crippen molar-refractivity contribution in [1.29, 1.82) is 0 Å². The molecule has 1 heterocycles. The van der Waals surface area contributed by atoms with Crippen molar-refractivity contribution in [2.75, 3.05) is 13.1 Å². The summed E-state index contributed by atoms with van der Waals surface area (Å²) in [6.07, 6.45) is -0.0371. The van der Waals surface area contributed by atoms with Crippen molar-refractivity contribution in [2.45, 2.75) is 38.4 Å². The Morgan fingerprint density at radius 3 is 2.43 bits per heavy atom. The molecule has 0 aliphatic carbocycles. The number of aliphatic carboxylic acids is 1. The van der Waals surface area contributed by atoms with Crippen LogP contribution in [0.5, 0.6) is 5.75 Å². The Balaban J connectivity index is 2.17. The largest absolute Gasteiger partial charge is 0.490 e. The quantitative estimate of drug-likeness (QED) is 0.829. The van der Waals surface area contributed by atoms with Gasteiger partial charge < -0.3 is 19.8 Å². The van der Waals surface area contributed by atoms with E-state index in [1.807, 2.05) is 13.8 Å². The zero-order valence-corrected chi connectivity index (χ0v) is 14.7. The van der Waals surface area contributed by atoms with Crippen molar-refractivity contribution in [3.8, 4) is 5.75 Å². The van der Waals surface area contributed by atoms with Crippen LogP contribution in [0.3, 0.4) is 0 Å². The Morgan fingerprint density at radius 1 is 1.30 bits per heavy atom. The lowest BCUT2D eigenvalue weighted by Crippen LogP contribution is -2.50. The molecule has 0 radical (unpaired) electrons. The van der Waals surface area contributed by atoms with Crippen molar-refractivity contribution in [3.63, 3.8) is 0 Å². The first-order valence-corrected chi connectivity index (χ1v) is 8.23. The lowest BCUT2D eigenvalue weighted by molar-refractivity contribution is -0.162. The molecule has 0 aromatic heterocycles. The van der Waals surface area contributed by atoms with Crippen molar-refractivity contribution in [2.24, 2.45) is 0 Å². The summed E-state index contributed by atoms with van der Waals surface area (Å²) in [5, 5.41) is 19.0. The normalized spacial score (nSPS) is 17.2. The molecular formula is C16H20BrNO5. The number of ether oxygens (including phenoxy) is 1. The summed E-state index contributed by atoms with van der Waals surface area (Å²) in [6.45, 7) is 4.14. The van der Waals surface area contributed by atoms with Gasteiger partial charge in [0.15, 0.2) is 5.60 Å². The van der Waals surface area contributed by atoms with Crippen LogP contribution in [-0.2, 0) is 4.79 Å². The number of aliphatic hydroxyl groups is 1. The average molecular weight is 386 g/mol. The summed E-state index contributed by atoms with van der Waals surface area (Å²) in [5.41, 5.74) is -1.31. The van der Waals surface area contributed by atoms with Crippen LogP contribution in [0.4, 0.5) is 0 Å². The lowest BCUT2D eigenvalue weighted by atomic mass is 9.91. The van der Waals surface area contributed by atoms with Crippen molar-refractivity contribution < 1.29 is 24.5 Å². The number of likely N-dealkylation sites (tertiary alicyclic amines) is 1. The van der Waals surface area contributed by atoms with E-state index in [0.717, 1.165) is 4.47 Å². The number of piperidine rings is 1. The number of hydrogen-bond donors (Lipinski definition) is 2. The second-order valence-electron chi connectivity index (χ2n) is 5.94. The summed E-state index contributed by atoms with van der Waals surface area (Å²) in [6, 6.07) is 5.19. The summed E-state index contributed by atoms with van der Waals surface area (Å²) < 4.78 is 6.51. The van der Waals surface area contributed by atoms with Crippen molar-refractivity contribution in [3.05, 3.63) is 28.2 Å². The van der Waals surface area contributed by atoms with Crippen LogP contribution in [0.25, 0.3) is 0 Å². The molecule has 6 nitrogen and oxygen atoms in total. The number of carboxylic acid groups (broad SMARTS) is 1. The Hall–Kier alpha value is -1.60. The molecule has 0 bridgehead atoms. The predicted octanol–water partition coefficient (Wildman–Crippen LogP) is 2.29. The fraction of sp³-hybridized carbons (Fsp3) is 0.500. The summed E-state index contributed by atoms with van der Waals surface area (Å²) >= 11 is 3.36. The molecular weight excluding hydrogens is 366 g/mol. The van der Waals surface area contributed by atoms with Gasteiger partial charge in [0.1, 0.15) is 5.75 Å². The molecule has 2 N–H and O–H groups in total. The minimum Gasteiger partial charge on any atom is -0.490 e. The van der Waals surface area contributed by atoms with E-state index in [0.29, 0.717) is 11.3 Å². The molecule has 1 aliphatic heterocycles. The van der Waals surface area contributed by atoms with Gasteiger partial charge >= 0.3 is 5.97 Å². The third-order valence-corrected chi connectivity index (χ3v) is 4.31. The van der Waals surface area contributed by atoms with Gasteiger partial charge in [0.2, 0.25) is 0 Å². The first-order chi connectivity index (χ1) is 10.7. The molecule has 126 valence electrons. The van der Waals surface area contributed by atoms with Crippen molar-refractivity contribution in [1.82, 2.24) is 4.90 Å².